The molecule has 4 nitrogen and oxygen atoms in total. The first-order valence-corrected chi connectivity index (χ1v) is 5.58. The molecule has 0 aromatic heterocycles. The molecule has 4 heteroatoms. The van der Waals surface area contributed by atoms with E-state index in [-0.39, 0.29) is 17.9 Å². The van der Waals surface area contributed by atoms with E-state index in [4.69, 9.17) is 9.84 Å². The number of carbonyl (C=O) groups is 2. The van der Waals surface area contributed by atoms with Crippen LogP contribution in [0.5, 0.6) is 0 Å². The SMILES string of the molecule is C=C(C)C(=O)OC1CC2CC(C(=O)O)C1C2. The van der Waals surface area contributed by atoms with Crippen molar-refractivity contribution in [2.45, 2.75) is 32.3 Å². The van der Waals surface area contributed by atoms with Gasteiger partial charge in [0.15, 0.2) is 0 Å². The fraction of sp³-hybridized carbons (Fsp3) is 0.667. The highest BCUT2D eigenvalue weighted by Gasteiger charge is 2.50. The van der Waals surface area contributed by atoms with Crippen molar-refractivity contribution in [3.8, 4) is 0 Å². The standard InChI is InChI=1S/C12H16O4/c1-6(2)12(15)16-10-5-7-3-8(10)9(4-7)11(13)14/h7-10H,1,3-5H2,2H3,(H,13,14). The normalized spacial score (nSPS) is 36.1. The number of esters is 1. The maximum Gasteiger partial charge on any atom is 0.333 e. The highest BCUT2D eigenvalue weighted by Crippen LogP contribution is 2.49. The summed E-state index contributed by atoms with van der Waals surface area (Å²) < 4.78 is 5.29. The molecule has 4 unspecified atom stereocenters. The summed E-state index contributed by atoms with van der Waals surface area (Å²) in [7, 11) is 0. The van der Waals surface area contributed by atoms with E-state index in [9.17, 15) is 9.59 Å². The van der Waals surface area contributed by atoms with Crippen LogP contribution >= 0.6 is 0 Å². The minimum atomic E-state index is -0.761. The van der Waals surface area contributed by atoms with E-state index in [2.05, 4.69) is 6.58 Å². The van der Waals surface area contributed by atoms with Crippen molar-refractivity contribution in [3.63, 3.8) is 0 Å². The van der Waals surface area contributed by atoms with Crippen LogP contribution in [0.2, 0.25) is 0 Å². The largest absolute Gasteiger partial charge is 0.481 e. The molecule has 88 valence electrons. The van der Waals surface area contributed by atoms with Gasteiger partial charge in [0, 0.05) is 11.5 Å². The fourth-order valence-corrected chi connectivity index (χ4v) is 2.94. The lowest BCUT2D eigenvalue weighted by Crippen LogP contribution is -2.33. The lowest BCUT2D eigenvalue weighted by Gasteiger charge is -2.26. The number of hydrogen-bond acceptors (Lipinski definition) is 3. The molecule has 0 amide bonds. The van der Waals surface area contributed by atoms with E-state index in [0.717, 1.165) is 19.3 Å². The molecule has 2 aliphatic carbocycles. The molecule has 16 heavy (non-hydrogen) atoms. The predicted molar refractivity (Wildman–Crippen MR) is 56.7 cm³/mol. The molecule has 2 fully saturated rings. The summed E-state index contributed by atoms with van der Waals surface area (Å²) in [6, 6.07) is 0. The van der Waals surface area contributed by atoms with Crippen LogP contribution < -0.4 is 0 Å². The van der Waals surface area contributed by atoms with Crippen LogP contribution in [-0.2, 0) is 14.3 Å². The number of aliphatic carboxylic acids is 1. The Morgan fingerprint density at radius 2 is 2.00 bits per heavy atom. The van der Waals surface area contributed by atoms with Crippen molar-refractivity contribution in [2.24, 2.45) is 17.8 Å². The van der Waals surface area contributed by atoms with Gasteiger partial charge >= 0.3 is 11.9 Å². The third-order valence-electron chi connectivity index (χ3n) is 3.68. The number of carbonyl (C=O) groups excluding carboxylic acids is 1. The molecule has 4 atom stereocenters. The summed E-state index contributed by atoms with van der Waals surface area (Å²) in [5, 5.41) is 9.04. The molecule has 0 radical (unpaired) electrons. The van der Waals surface area contributed by atoms with Gasteiger partial charge in [-0.15, -0.1) is 0 Å². The Kier molecular flexibility index (Phi) is 2.74. The fourth-order valence-electron chi connectivity index (χ4n) is 2.94. The Balaban J connectivity index is 2.01. The van der Waals surface area contributed by atoms with Gasteiger partial charge in [-0.05, 0) is 32.1 Å². The smallest absolute Gasteiger partial charge is 0.333 e. The molecule has 2 rings (SSSR count). The van der Waals surface area contributed by atoms with Gasteiger partial charge in [0.2, 0.25) is 0 Å². The Hall–Kier alpha value is -1.32. The monoisotopic (exact) mass is 224 g/mol. The van der Waals surface area contributed by atoms with Crippen LogP contribution in [0.1, 0.15) is 26.2 Å². The molecule has 0 aromatic rings. The van der Waals surface area contributed by atoms with E-state index in [0.29, 0.717) is 11.5 Å². The van der Waals surface area contributed by atoms with Crippen molar-refractivity contribution in [3.05, 3.63) is 12.2 Å². The first-order valence-electron chi connectivity index (χ1n) is 5.58. The lowest BCUT2D eigenvalue weighted by molar-refractivity contribution is -0.154. The molecule has 0 saturated heterocycles. The Labute approximate surface area is 94.3 Å². The van der Waals surface area contributed by atoms with Crippen molar-refractivity contribution in [1.29, 1.82) is 0 Å². The topological polar surface area (TPSA) is 63.6 Å². The number of hydrogen-bond donors (Lipinski definition) is 1. The van der Waals surface area contributed by atoms with Gasteiger partial charge in [0.05, 0.1) is 5.92 Å². The summed E-state index contributed by atoms with van der Waals surface area (Å²) in [6.45, 7) is 5.12. The molecular weight excluding hydrogens is 208 g/mol. The number of fused-ring (bicyclic) bond motifs is 2. The van der Waals surface area contributed by atoms with Crippen LogP contribution in [0.3, 0.4) is 0 Å². The second kappa shape index (κ2) is 3.92. The van der Waals surface area contributed by atoms with Crippen molar-refractivity contribution in [2.75, 3.05) is 0 Å². The maximum absolute atomic E-state index is 11.4. The highest BCUT2D eigenvalue weighted by atomic mass is 16.5. The number of ether oxygens (including phenoxy) is 1. The molecule has 0 aromatic carbocycles. The zero-order chi connectivity index (χ0) is 11.9. The van der Waals surface area contributed by atoms with Crippen molar-refractivity contribution < 1.29 is 19.4 Å². The Bertz CT molecular complexity index is 347. The van der Waals surface area contributed by atoms with Crippen molar-refractivity contribution in [1.82, 2.24) is 0 Å². The second-order valence-electron chi connectivity index (χ2n) is 4.91. The molecule has 2 saturated carbocycles. The third kappa shape index (κ3) is 1.84. The van der Waals surface area contributed by atoms with Gasteiger partial charge in [-0.3, -0.25) is 4.79 Å². The molecule has 0 spiro atoms. The average molecular weight is 224 g/mol. The van der Waals surface area contributed by atoms with Crippen LogP contribution in [-0.4, -0.2) is 23.1 Å². The minimum Gasteiger partial charge on any atom is -0.481 e. The van der Waals surface area contributed by atoms with Gasteiger partial charge in [-0.1, -0.05) is 6.58 Å². The van der Waals surface area contributed by atoms with E-state index in [1.165, 1.54) is 0 Å². The average Bonchev–Trinajstić information content (AvgIpc) is 2.75. The molecule has 2 bridgehead atoms. The van der Waals surface area contributed by atoms with E-state index >= 15 is 0 Å². The predicted octanol–water partition coefficient (Wildman–Crippen LogP) is 1.60. The number of carboxylic acid groups (broad SMARTS) is 1. The zero-order valence-corrected chi connectivity index (χ0v) is 9.31. The number of rotatable bonds is 3. The number of carboxylic acids is 1. The summed E-state index contributed by atoms with van der Waals surface area (Å²) in [5.74, 6) is -1.08. The van der Waals surface area contributed by atoms with Crippen LogP contribution in [0, 0.1) is 17.8 Å². The van der Waals surface area contributed by atoms with Gasteiger partial charge < -0.3 is 9.84 Å². The lowest BCUT2D eigenvalue weighted by atomic mass is 9.87. The summed E-state index contributed by atoms with van der Waals surface area (Å²) in [4.78, 5) is 22.4. The first kappa shape index (κ1) is 11.2. The summed E-state index contributed by atoms with van der Waals surface area (Å²) in [5.41, 5.74) is 0.370. The van der Waals surface area contributed by atoms with E-state index < -0.39 is 11.9 Å². The van der Waals surface area contributed by atoms with Gasteiger partial charge in [-0.2, -0.15) is 0 Å². The quantitative estimate of drug-likeness (QED) is 0.584. The third-order valence-corrected chi connectivity index (χ3v) is 3.68. The minimum absolute atomic E-state index is 0.00537. The van der Waals surface area contributed by atoms with Crippen LogP contribution in [0.4, 0.5) is 0 Å². The molecule has 1 N–H and O–H groups in total. The maximum atomic E-state index is 11.4. The second-order valence-corrected chi connectivity index (χ2v) is 4.91. The Morgan fingerprint density at radius 3 is 2.50 bits per heavy atom. The van der Waals surface area contributed by atoms with Crippen LogP contribution in [0.25, 0.3) is 0 Å². The zero-order valence-electron chi connectivity index (χ0n) is 9.31. The summed E-state index contributed by atoms with van der Waals surface area (Å²) in [6.07, 6.45) is 2.21. The van der Waals surface area contributed by atoms with Crippen LogP contribution in [0.15, 0.2) is 12.2 Å². The highest BCUT2D eigenvalue weighted by molar-refractivity contribution is 5.87. The van der Waals surface area contributed by atoms with Gasteiger partial charge in [-0.25, -0.2) is 4.79 Å². The molecule has 0 aliphatic heterocycles. The van der Waals surface area contributed by atoms with E-state index in [1.54, 1.807) is 6.92 Å². The van der Waals surface area contributed by atoms with Gasteiger partial charge in [0.25, 0.3) is 0 Å². The Morgan fingerprint density at radius 1 is 1.31 bits per heavy atom. The molecule has 0 heterocycles. The van der Waals surface area contributed by atoms with E-state index in [1.807, 2.05) is 0 Å². The first-order chi connectivity index (χ1) is 7.49. The molecular formula is C12H16O4. The summed E-state index contributed by atoms with van der Waals surface area (Å²) >= 11 is 0. The molecule has 2 aliphatic rings. The van der Waals surface area contributed by atoms with Gasteiger partial charge in [0.1, 0.15) is 6.10 Å². The van der Waals surface area contributed by atoms with Crippen molar-refractivity contribution >= 4 is 11.9 Å².